The van der Waals surface area contributed by atoms with Gasteiger partial charge in [0.05, 0.1) is 11.5 Å². The molecule has 0 bridgehead atoms. The fourth-order valence-electron chi connectivity index (χ4n) is 1.79. The van der Waals surface area contributed by atoms with Crippen molar-refractivity contribution in [1.82, 2.24) is 10.2 Å². The van der Waals surface area contributed by atoms with Gasteiger partial charge in [-0.15, -0.1) is 0 Å². The maximum Gasteiger partial charge on any atom is 0.323 e. The first-order chi connectivity index (χ1) is 7.85. The molecule has 2 amide bonds. The van der Waals surface area contributed by atoms with Gasteiger partial charge in [0.15, 0.2) is 9.84 Å². The first kappa shape index (κ1) is 13.8. The van der Waals surface area contributed by atoms with Crippen LogP contribution >= 0.6 is 0 Å². The lowest BCUT2D eigenvalue weighted by Gasteiger charge is -2.26. The normalized spacial score (nSPS) is 22.1. The lowest BCUT2D eigenvalue weighted by atomic mass is 10.2. The third-order valence-corrected chi connectivity index (χ3v) is 4.29. The van der Waals surface area contributed by atoms with Gasteiger partial charge in [-0.05, 0) is 13.3 Å². The molecular formula is C9H16N2O5S. The van der Waals surface area contributed by atoms with Crippen molar-refractivity contribution in [3.05, 3.63) is 0 Å². The molecule has 0 aromatic rings. The van der Waals surface area contributed by atoms with E-state index in [4.69, 9.17) is 5.11 Å². The van der Waals surface area contributed by atoms with Crippen molar-refractivity contribution in [3.8, 4) is 0 Å². The number of carboxylic acids is 1. The number of sulfone groups is 1. The van der Waals surface area contributed by atoms with Crippen LogP contribution < -0.4 is 5.32 Å². The molecule has 17 heavy (non-hydrogen) atoms. The second kappa shape index (κ2) is 5.35. The second-order valence-electron chi connectivity index (χ2n) is 3.91. The average molecular weight is 264 g/mol. The van der Waals surface area contributed by atoms with Gasteiger partial charge in [-0.2, -0.15) is 0 Å². The number of nitrogens with one attached hydrogen (secondary N) is 1. The van der Waals surface area contributed by atoms with Gasteiger partial charge in [-0.25, -0.2) is 13.2 Å². The largest absolute Gasteiger partial charge is 0.480 e. The van der Waals surface area contributed by atoms with Crippen molar-refractivity contribution in [3.63, 3.8) is 0 Å². The van der Waals surface area contributed by atoms with Gasteiger partial charge in [0, 0.05) is 12.6 Å². The number of amides is 2. The molecule has 1 heterocycles. The monoisotopic (exact) mass is 264 g/mol. The molecule has 1 saturated heterocycles. The predicted molar refractivity (Wildman–Crippen MR) is 60.5 cm³/mol. The molecule has 1 aliphatic heterocycles. The summed E-state index contributed by atoms with van der Waals surface area (Å²) in [5.41, 5.74) is 0. The molecule has 0 aliphatic carbocycles. The summed E-state index contributed by atoms with van der Waals surface area (Å²) in [4.78, 5) is 23.4. The van der Waals surface area contributed by atoms with Crippen LogP contribution in [0, 0.1) is 0 Å². The number of urea groups is 1. The maximum atomic E-state index is 11.6. The van der Waals surface area contributed by atoms with Crippen LogP contribution in [0.3, 0.4) is 0 Å². The summed E-state index contributed by atoms with van der Waals surface area (Å²) in [6.45, 7) is 1.60. The summed E-state index contributed by atoms with van der Waals surface area (Å²) in [6, 6.07) is -1.07. The Bertz CT molecular complexity index is 406. The predicted octanol–water partition coefficient (Wildman–Crippen LogP) is -0.710. The van der Waals surface area contributed by atoms with E-state index < -0.39 is 34.4 Å². The smallest absolute Gasteiger partial charge is 0.323 e. The van der Waals surface area contributed by atoms with Gasteiger partial charge in [0.1, 0.15) is 6.54 Å². The van der Waals surface area contributed by atoms with Gasteiger partial charge in [-0.3, -0.25) is 4.79 Å². The molecule has 2 N–H and O–H groups in total. The fourth-order valence-corrected chi connectivity index (χ4v) is 3.52. The summed E-state index contributed by atoms with van der Waals surface area (Å²) in [5.74, 6) is -1.30. The van der Waals surface area contributed by atoms with Crippen molar-refractivity contribution in [1.29, 1.82) is 0 Å². The number of rotatable bonds is 4. The summed E-state index contributed by atoms with van der Waals surface area (Å²) in [5, 5.41) is 11.2. The lowest BCUT2D eigenvalue weighted by Crippen LogP contribution is -2.49. The Morgan fingerprint density at radius 1 is 1.47 bits per heavy atom. The van der Waals surface area contributed by atoms with Crippen molar-refractivity contribution in [2.45, 2.75) is 19.4 Å². The summed E-state index contributed by atoms with van der Waals surface area (Å²) in [7, 11) is -3.14. The third-order valence-electron chi connectivity index (χ3n) is 2.54. The molecule has 0 saturated carbocycles. The van der Waals surface area contributed by atoms with Crippen LogP contribution in [0.1, 0.15) is 13.3 Å². The number of hydrogen-bond donors (Lipinski definition) is 2. The van der Waals surface area contributed by atoms with Crippen LogP contribution in [0.5, 0.6) is 0 Å². The molecule has 1 fully saturated rings. The SMILES string of the molecule is CCNC(=O)N(CC(=O)O)C1CCS(=O)(=O)C1. The molecule has 0 aromatic heterocycles. The minimum atomic E-state index is -3.14. The number of hydrogen-bond acceptors (Lipinski definition) is 4. The minimum absolute atomic E-state index is 0.00713. The van der Waals surface area contributed by atoms with Crippen molar-refractivity contribution >= 4 is 21.8 Å². The first-order valence-electron chi connectivity index (χ1n) is 5.32. The zero-order valence-corrected chi connectivity index (χ0v) is 10.4. The van der Waals surface area contributed by atoms with Gasteiger partial charge >= 0.3 is 12.0 Å². The van der Waals surface area contributed by atoms with E-state index in [0.717, 1.165) is 4.90 Å². The standard InChI is InChI=1S/C9H16N2O5S/c1-2-10-9(14)11(5-8(12)13)7-3-4-17(15,16)6-7/h7H,2-6H2,1H3,(H,10,14)(H,12,13). The zero-order chi connectivity index (χ0) is 13.1. The van der Waals surface area contributed by atoms with Gasteiger partial charge < -0.3 is 15.3 Å². The summed E-state index contributed by atoms with van der Waals surface area (Å²) >= 11 is 0. The van der Waals surface area contributed by atoms with E-state index in [-0.39, 0.29) is 11.5 Å². The highest BCUT2D eigenvalue weighted by atomic mass is 32.2. The van der Waals surface area contributed by atoms with E-state index in [9.17, 15) is 18.0 Å². The maximum absolute atomic E-state index is 11.6. The topological polar surface area (TPSA) is 104 Å². The highest BCUT2D eigenvalue weighted by Crippen LogP contribution is 2.17. The quantitative estimate of drug-likeness (QED) is 0.698. The van der Waals surface area contributed by atoms with Crippen LogP contribution in [0.25, 0.3) is 0 Å². The second-order valence-corrected chi connectivity index (χ2v) is 6.14. The van der Waals surface area contributed by atoms with Crippen LogP contribution in [-0.4, -0.2) is 61.1 Å². The van der Waals surface area contributed by atoms with Gasteiger partial charge in [0.2, 0.25) is 0 Å². The van der Waals surface area contributed by atoms with Crippen LogP contribution in [-0.2, 0) is 14.6 Å². The lowest BCUT2D eigenvalue weighted by molar-refractivity contribution is -0.138. The molecule has 0 aromatic carbocycles. The summed E-state index contributed by atoms with van der Waals surface area (Å²) in [6.07, 6.45) is 0.298. The molecule has 1 atom stereocenters. The van der Waals surface area contributed by atoms with E-state index in [1.165, 1.54) is 0 Å². The number of carbonyl (C=O) groups is 2. The number of aliphatic carboxylic acids is 1. The highest BCUT2D eigenvalue weighted by molar-refractivity contribution is 7.91. The number of nitrogens with zero attached hydrogens (tertiary/aromatic N) is 1. The molecule has 8 heteroatoms. The third kappa shape index (κ3) is 3.88. The molecule has 1 unspecified atom stereocenters. The number of carbonyl (C=O) groups excluding carboxylic acids is 1. The number of carboxylic acid groups (broad SMARTS) is 1. The van der Waals surface area contributed by atoms with E-state index in [1.54, 1.807) is 6.92 Å². The minimum Gasteiger partial charge on any atom is -0.480 e. The van der Waals surface area contributed by atoms with E-state index in [2.05, 4.69) is 5.32 Å². The van der Waals surface area contributed by atoms with Gasteiger partial charge in [-0.1, -0.05) is 0 Å². The Labute approximate surface area is 99.7 Å². The van der Waals surface area contributed by atoms with E-state index in [0.29, 0.717) is 13.0 Å². The van der Waals surface area contributed by atoms with E-state index in [1.807, 2.05) is 0 Å². The molecular weight excluding hydrogens is 248 g/mol. The van der Waals surface area contributed by atoms with Crippen LogP contribution in [0.15, 0.2) is 0 Å². The fraction of sp³-hybridized carbons (Fsp3) is 0.778. The zero-order valence-electron chi connectivity index (χ0n) is 9.55. The molecule has 7 nitrogen and oxygen atoms in total. The Hall–Kier alpha value is -1.31. The average Bonchev–Trinajstić information content (AvgIpc) is 2.55. The van der Waals surface area contributed by atoms with Crippen molar-refractivity contribution in [2.75, 3.05) is 24.6 Å². The summed E-state index contributed by atoms with van der Waals surface area (Å²) < 4.78 is 22.6. The molecule has 1 aliphatic rings. The molecule has 98 valence electrons. The Balaban J connectivity index is 2.76. The Morgan fingerprint density at radius 2 is 2.12 bits per heavy atom. The first-order valence-corrected chi connectivity index (χ1v) is 7.14. The van der Waals surface area contributed by atoms with Crippen molar-refractivity contribution in [2.24, 2.45) is 0 Å². The Morgan fingerprint density at radius 3 is 2.53 bits per heavy atom. The molecule has 1 rings (SSSR count). The molecule has 0 radical (unpaired) electrons. The van der Waals surface area contributed by atoms with E-state index >= 15 is 0 Å². The van der Waals surface area contributed by atoms with Crippen LogP contribution in [0.2, 0.25) is 0 Å². The van der Waals surface area contributed by atoms with Crippen LogP contribution in [0.4, 0.5) is 4.79 Å². The highest BCUT2D eigenvalue weighted by Gasteiger charge is 2.35. The Kier molecular flexibility index (Phi) is 4.33. The van der Waals surface area contributed by atoms with Gasteiger partial charge in [0.25, 0.3) is 0 Å². The van der Waals surface area contributed by atoms with Crippen molar-refractivity contribution < 1.29 is 23.1 Å². The molecule has 0 spiro atoms.